The molecule has 1 saturated carbocycles. The number of aromatic nitrogens is 2. The maximum atomic E-state index is 11.3. The number of carboxylic acids is 1. The van der Waals surface area contributed by atoms with Crippen LogP contribution in [0.1, 0.15) is 19.3 Å². The normalized spacial score (nSPS) is 24.3. The van der Waals surface area contributed by atoms with Crippen LogP contribution in [0.15, 0.2) is 12.3 Å². The molecule has 3 rings (SSSR count). The lowest BCUT2D eigenvalue weighted by atomic mass is 9.82. The average Bonchev–Trinajstić information content (AvgIpc) is 3.18. The highest BCUT2D eigenvalue weighted by molar-refractivity contribution is 5.72. The first-order valence-corrected chi connectivity index (χ1v) is 6.49. The molecule has 102 valence electrons. The minimum Gasteiger partial charge on any atom is -0.481 e. The van der Waals surface area contributed by atoms with E-state index in [0.29, 0.717) is 12.4 Å². The highest BCUT2D eigenvalue weighted by Gasteiger charge is 2.55. The van der Waals surface area contributed by atoms with Gasteiger partial charge in [-0.25, -0.2) is 4.98 Å². The lowest BCUT2D eigenvalue weighted by molar-refractivity contribution is -0.144. The summed E-state index contributed by atoms with van der Waals surface area (Å²) in [5, 5.41) is 9.29. The highest BCUT2D eigenvalue weighted by atomic mass is 16.5. The lowest BCUT2D eigenvalue weighted by Crippen LogP contribution is -2.45. The lowest BCUT2D eigenvalue weighted by Gasteiger charge is -2.37. The largest absolute Gasteiger partial charge is 0.481 e. The van der Waals surface area contributed by atoms with Crippen LogP contribution >= 0.6 is 0 Å². The van der Waals surface area contributed by atoms with Gasteiger partial charge >= 0.3 is 12.0 Å². The topological polar surface area (TPSA) is 75.5 Å². The van der Waals surface area contributed by atoms with Crippen LogP contribution in [0.25, 0.3) is 0 Å². The summed E-state index contributed by atoms with van der Waals surface area (Å²) in [5.74, 6) is -0.0353. The van der Waals surface area contributed by atoms with Gasteiger partial charge < -0.3 is 14.7 Å². The molecule has 0 bridgehead atoms. The monoisotopic (exact) mass is 263 g/mol. The molecule has 1 spiro atoms. The average molecular weight is 263 g/mol. The Hall–Kier alpha value is -1.85. The molecule has 1 aliphatic heterocycles. The van der Waals surface area contributed by atoms with Gasteiger partial charge in [0.2, 0.25) is 0 Å². The van der Waals surface area contributed by atoms with E-state index < -0.39 is 5.97 Å². The molecular weight excluding hydrogens is 246 g/mol. The zero-order valence-electron chi connectivity index (χ0n) is 10.9. The van der Waals surface area contributed by atoms with E-state index in [1.54, 1.807) is 6.20 Å². The van der Waals surface area contributed by atoms with Crippen molar-refractivity contribution in [3.63, 3.8) is 0 Å². The third-order valence-corrected chi connectivity index (χ3v) is 4.25. The van der Waals surface area contributed by atoms with E-state index in [2.05, 4.69) is 14.9 Å². The fourth-order valence-corrected chi connectivity index (χ4v) is 3.01. The molecule has 1 aliphatic carbocycles. The summed E-state index contributed by atoms with van der Waals surface area (Å²) < 4.78 is 5.03. The van der Waals surface area contributed by atoms with Crippen LogP contribution in [0.3, 0.4) is 0 Å². The zero-order chi connectivity index (χ0) is 13.5. The summed E-state index contributed by atoms with van der Waals surface area (Å²) in [6.45, 7) is 1.49. The van der Waals surface area contributed by atoms with E-state index in [1.165, 1.54) is 7.11 Å². The molecule has 19 heavy (non-hydrogen) atoms. The second-order valence-electron chi connectivity index (χ2n) is 5.36. The van der Waals surface area contributed by atoms with E-state index in [1.807, 2.05) is 6.07 Å². The van der Waals surface area contributed by atoms with E-state index in [0.717, 1.165) is 31.7 Å². The Kier molecular flexibility index (Phi) is 2.80. The molecule has 6 heteroatoms. The molecule has 0 aromatic carbocycles. The smallest absolute Gasteiger partial charge is 0.318 e. The second kappa shape index (κ2) is 4.36. The van der Waals surface area contributed by atoms with Crippen LogP contribution in [0, 0.1) is 11.3 Å². The quantitative estimate of drug-likeness (QED) is 0.882. The number of hydrogen-bond acceptors (Lipinski definition) is 5. The summed E-state index contributed by atoms with van der Waals surface area (Å²) in [5.41, 5.74) is -0.0394. The predicted octanol–water partition coefficient (Wildman–Crippen LogP) is 1.18. The third kappa shape index (κ3) is 2.11. The Balaban J connectivity index is 1.79. The summed E-state index contributed by atoms with van der Waals surface area (Å²) in [6, 6.07) is 2.20. The summed E-state index contributed by atoms with van der Waals surface area (Å²) >= 11 is 0. The number of methoxy groups -OCH3 is 1. The van der Waals surface area contributed by atoms with Crippen molar-refractivity contribution in [2.24, 2.45) is 11.3 Å². The van der Waals surface area contributed by atoms with Crippen molar-refractivity contribution in [2.45, 2.75) is 19.3 Å². The number of piperidine rings is 1. The minimum atomic E-state index is -0.655. The Bertz CT molecular complexity index is 502. The molecule has 1 unspecified atom stereocenters. The number of nitrogens with zero attached hydrogens (tertiary/aromatic N) is 3. The Morgan fingerprint density at radius 2 is 2.37 bits per heavy atom. The fourth-order valence-electron chi connectivity index (χ4n) is 3.01. The first-order chi connectivity index (χ1) is 9.14. The molecule has 1 saturated heterocycles. The van der Waals surface area contributed by atoms with Crippen LogP contribution in [-0.4, -0.2) is 41.2 Å². The van der Waals surface area contributed by atoms with Gasteiger partial charge in [0.05, 0.1) is 13.0 Å². The van der Waals surface area contributed by atoms with Crippen molar-refractivity contribution in [1.82, 2.24) is 9.97 Å². The molecule has 1 aromatic heterocycles. The maximum absolute atomic E-state index is 11.3. The van der Waals surface area contributed by atoms with Gasteiger partial charge in [-0.2, -0.15) is 4.98 Å². The van der Waals surface area contributed by atoms with E-state index >= 15 is 0 Å². The van der Waals surface area contributed by atoms with Crippen molar-refractivity contribution in [2.75, 3.05) is 25.1 Å². The Morgan fingerprint density at radius 1 is 1.58 bits per heavy atom. The molecule has 2 heterocycles. The molecule has 1 aromatic rings. The molecule has 2 fully saturated rings. The van der Waals surface area contributed by atoms with Gasteiger partial charge in [-0.1, -0.05) is 0 Å². The minimum absolute atomic E-state index is 0.0394. The number of ether oxygens (including phenoxy) is 1. The van der Waals surface area contributed by atoms with Crippen molar-refractivity contribution in [1.29, 1.82) is 0 Å². The number of carbonyl (C=O) groups is 1. The van der Waals surface area contributed by atoms with Crippen LogP contribution in [0.5, 0.6) is 6.01 Å². The summed E-state index contributed by atoms with van der Waals surface area (Å²) in [4.78, 5) is 21.8. The van der Waals surface area contributed by atoms with Gasteiger partial charge in [0.1, 0.15) is 5.82 Å². The van der Waals surface area contributed by atoms with Gasteiger partial charge in [0, 0.05) is 24.7 Å². The predicted molar refractivity (Wildman–Crippen MR) is 68.2 cm³/mol. The van der Waals surface area contributed by atoms with Crippen LogP contribution in [-0.2, 0) is 4.79 Å². The number of rotatable bonds is 3. The van der Waals surface area contributed by atoms with E-state index in [4.69, 9.17) is 4.74 Å². The van der Waals surface area contributed by atoms with Crippen LogP contribution in [0.2, 0.25) is 0 Å². The number of carboxylic acid groups (broad SMARTS) is 1. The van der Waals surface area contributed by atoms with Crippen molar-refractivity contribution in [3.05, 3.63) is 12.3 Å². The molecular formula is C13H17N3O3. The van der Waals surface area contributed by atoms with Gasteiger partial charge in [-0.3, -0.25) is 4.79 Å². The first kappa shape index (κ1) is 12.2. The molecule has 1 N–H and O–H groups in total. The van der Waals surface area contributed by atoms with Crippen molar-refractivity contribution >= 4 is 11.8 Å². The molecule has 6 nitrogen and oxygen atoms in total. The van der Waals surface area contributed by atoms with Gasteiger partial charge in [0.25, 0.3) is 0 Å². The molecule has 0 amide bonds. The number of hydrogen-bond donors (Lipinski definition) is 1. The molecule has 0 radical (unpaired) electrons. The SMILES string of the molecule is COc1nccc(N2CCC(C(=O)O)C3(CC3)C2)n1. The highest BCUT2D eigenvalue weighted by Crippen LogP contribution is 2.56. The van der Waals surface area contributed by atoms with Gasteiger partial charge in [-0.15, -0.1) is 0 Å². The molecule has 1 atom stereocenters. The Morgan fingerprint density at radius 3 is 3.00 bits per heavy atom. The summed E-state index contributed by atoms with van der Waals surface area (Å²) in [6.07, 6.45) is 4.36. The third-order valence-electron chi connectivity index (χ3n) is 4.25. The first-order valence-electron chi connectivity index (χ1n) is 6.49. The van der Waals surface area contributed by atoms with Crippen LogP contribution in [0.4, 0.5) is 5.82 Å². The van der Waals surface area contributed by atoms with Crippen LogP contribution < -0.4 is 9.64 Å². The maximum Gasteiger partial charge on any atom is 0.318 e. The van der Waals surface area contributed by atoms with E-state index in [9.17, 15) is 9.90 Å². The van der Waals surface area contributed by atoms with Crippen molar-refractivity contribution < 1.29 is 14.6 Å². The van der Waals surface area contributed by atoms with Crippen molar-refractivity contribution in [3.8, 4) is 6.01 Å². The second-order valence-corrected chi connectivity index (χ2v) is 5.36. The van der Waals surface area contributed by atoms with Gasteiger partial charge in [0.15, 0.2) is 0 Å². The van der Waals surface area contributed by atoms with Gasteiger partial charge in [-0.05, 0) is 25.3 Å². The number of aliphatic carboxylic acids is 1. The standard InChI is InChI=1S/C13H17N3O3/c1-19-12-14-6-2-10(15-12)16-7-3-9(11(17)18)13(8-16)4-5-13/h2,6,9H,3-5,7-8H2,1H3,(H,17,18). The fraction of sp³-hybridized carbons (Fsp3) is 0.615. The Labute approximate surface area is 111 Å². The number of anilines is 1. The summed E-state index contributed by atoms with van der Waals surface area (Å²) in [7, 11) is 1.54. The molecule has 2 aliphatic rings. The zero-order valence-corrected chi connectivity index (χ0v) is 10.9. The van der Waals surface area contributed by atoms with E-state index in [-0.39, 0.29) is 11.3 Å².